The average molecular weight is 409 g/mol. The molecule has 0 unspecified atom stereocenters. The Labute approximate surface area is 163 Å². The summed E-state index contributed by atoms with van der Waals surface area (Å²) in [4.78, 5) is 5.67. The van der Waals surface area contributed by atoms with Gasteiger partial charge in [-0.3, -0.25) is 0 Å². The smallest absolute Gasteiger partial charge is 0.371 e. The van der Waals surface area contributed by atoms with E-state index in [1.54, 1.807) is 4.90 Å². The highest BCUT2D eigenvalue weighted by Crippen LogP contribution is 2.40. The zero-order valence-electron chi connectivity index (χ0n) is 15.1. The number of alkyl halides is 4. The highest BCUT2D eigenvalue weighted by molar-refractivity contribution is 5.67. The molecule has 29 heavy (non-hydrogen) atoms. The van der Waals surface area contributed by atoms with Crippen molar-refractivity contribution in [1.29, 1.82) is 0 Å². The summed E-state index contributed by atoms with van der Waals surface area (Å²) >= 11 is 0. The van der Waals surface area contributed by atoms with Crippen molar-refractivity contribution in [1.82, 2.24) is 10.1 Å². The Balaban J connectivity index is 1.67. The number of rotatable bonds is 3. The van der Waals surface area contributed by atoms with E-state index in [0.29, 0.717) is 5.56 Å². The molecule has 1 aromatic heterocycles. The van der Waals surface area contributed by atoms with E-state index in [1.807, 2.05) is 0 Å². The van der Waals surface area contributed by atoms with Crippen LogP contribution in [-0.4, -0.2) is 29.4 Å². The van der Waals surface area contributed by atoms with Crippen LogP contribution in [0.4, 0.5) is 27.6 Å². The fourth-order valence-electron chi connectivity index (χ4n) is 3.32. The number of benzene rings is 2. The molecule has 4 rings (SSSR count). The monoisotopic (exact) mass is 409 g/mol. The van der Waals surface area contributed by atoms with Crippen LogP contribution in [0.1, 0.15) is 18.4 Å². The molecule has 2 heterocycles. The van der Waals surface area contributed by atoms with E-state index in [1.165, 1.54) is 36.4 Å². The van der Waals surface area contributed by atoms with E-state index in [4.69, 9.17) is 4.52 Å². The van der Waals surface area contributed by atoms with E-state index < -0.39 is 23.7 Å². The van der Waals surface area contributed by atoms with Crippen LogP contribution in [0.15, 0.2) is 47.0 Å². The third-order valence-corrected chi connectivity index (χ3v) is 4.84. The second kappa shape index (κ2) is 7.46. The van der Waals surface area contributed by atoms with Crippen LogP contribution < -0.4 is 4.90 Å². The minimum Gasteiger partial charge on any atom is -0.371 e. The van der Waals surface area contributed by atoms with Gasteiger partial charge in [0.1, 0.15) is 12.0 Å². The Morgan fingerprint density at radius 1 is 0.966 bits per heavy atom. The van der Waals surface area contributed by atoms with Crippen LogP contribution in [0, 0.1) is 5.82 Å². The molecule has 1 saturated heterocycles. The Morgan fingerprint density at radius 3 is 2.28 bits per heavy atom. The van der Waals surface area contributed by atoms with Gasteiger partial charge in [0.2, 0.25) is 5.82 Å². The SMILES string of the molecule is Fc1ccc(-c2nc(-c3ccc(N4CCC(F)CC4)c(C(F)(F)F)c3)no2)cc1. The second-order valence-corrected chi connectivity index (χ2v) is 6.82. The van der Waals surface area contributed by atoms with Crippen molar-refractivity contribution in [2.75, 3.05) is 18.0 Å². The fraction of sp³-hybridized carbons (Fsp3) is 0.300. The number of anilines is 1. The summed E-state index contributed by atoms with van der Waals surface area (Å²) in [5.74, 6) is -0.373. The van der Waals surface area contributed by atoms with Crippen LogP contribution in [0.2, 0.25) is 0 Å². The number of halogens is 5. The van der Waals surface area contributed by atoms with Crippen molar-refractivity contribution in [3.8, 4) is 22.8 Å². The standard InChI is InChI=1S/C20H16F5N3O/c21-14-4-1-12(2-5-14)19-26-18(27-29-19)13-3-6-17(16(11-13)20(23,24)25)28-9-7-15(22)8-10-28/h1-6,11,15H,7-10H2. The molecule has 0 atom stereocenters. The van der Waals surface area contributed by atoms with Crippen LogP contribution in [0.3, 0.4) is 0 Å². The van der Waals surface area contributed by atoms with Gasteiger partial charge in [0.25, 0.3) is 5.89 Å². The quantitative estimate of drug-likeness (QED) is 0.536. The molecule has 9 heteroatoms. The molecule has 1 fully saturated rings. The Bertz CT molecular complexity index is 992. The summed E-state index contributed by atoms with van der Waals surface area (Å²) in [5, 5.41) is 3.75. The molecule has 0 saturated carbocycles. The molecule has 1 aliphatic rings. The molecule has 0 spiro atoms. The second-order valence-electron chi connectivity index (χ2n) is 6.82. The molecule has 152 valence electrons. The van der Waals surface area contributed by atoms with Crippen molar-refractivity contribution < 1.29 is 26.5 Å². The molecule has 3 aromatic rings. The number of nitrogens with zero attached hydrogens (tertiary/aromatic N) is 3. The first-order valence-corrected chi connectivity index (χ1v) is 9.01. The van der Waals surface area contributed by atoms with Crippen molar-refractivity contribution in [2.24, 2.45) is 0 Å². The van der Waals surface area contributed by atoms with Crippen molar-refractivity contribution in [3.63, 3.8) is 0 Å². The van der Waals surface area contributed by atoms with Gasteiger partial charge in [-0.05, 0) is 55.3 Å². The first-order valence-electron chi connectivity index (χ1n) is 9.01. The largest absolute Gasteiger partial charge is 0.418 e. The van der Waals surface area contributed by atoms with E-state index in [-0.39, 0.29) is 48.9 Å². The maximum absolute atomic E-state index is 13.7. The minimum atomic E-state index is -4.60. The predicted octanol–water partition coefficient (Wildman–Crippen LogP) is 5.50. The lowest BCUT2D eigenvalue weighted by molar-refractivity contribution is -0.137. The van der Waals surface area contributed by atoms with Crippen LogP contribution in [-0.2, 0) is 6.18 Å². The van der Waals surface area contributed by atoms with E-state index in [9.17, 15) is 22.0 Å². The Morgan fingerprint density at radius 2 is 1.62 bits per heavy atom. The highest BCUT2D eigenvalue weighted by atomic mass is 19.4. The summed E-state index contributed by atoms with van der Waals surface area (Å²) in [6.07, 6.45) is -5.18. The summed E-state index contributed by atoms with van der Waals surface area (Å²) < 4.78 is 72.6. The van der Waals surface area contributed by atoms with Gasteiger partial charge in [-0.15, -0.1) is 0 Å². The normalized spacial score (nSPS) is 15.7. The summed E-state index contributed by atoms with van der Waals surface area (Å²) in [6, 6.07) is 9.11. The first-order chi connectivity index (χ1) is 13.8. The lowest BCUT2D eigenvalue weighted by Crippen LogP contribution is -2.35. The first kappa shape index (κ1) is 19.4. The van der Waals surface area contributed by atoms with Gasteiger partial charge in [-0.1, -0.05) is 5.16 Å². The molecule has 0 amide bonds. The predicted molar refractivity (Wildman–Crippen MR) is 96.5 cm³/mol. The molecular weight excluding hydrogens is 393 g/mol. The maximum atomic E-state index is 13.7. The Kier molecular flexibility index (Phi) is 4.97. The number of piperidine rings is 1. The zero-order valence-corrected chi connectivity index (χ0v) is 15.1. The van der Waals surface area contributed by atoms with Gasteiger partial charge in [-0.2, -0.15) is 18.2 Å². The lowest BCUT2D eigenvalue weighted by Gasteiger charge is -2.32. The van der Waals surface area contributed by atoms with E-state index in [2.05, 4.69) is 10.1 Å². The van der Waals surface area contributed by atoms with E-state index in [0.717, 1.165) is 6.07 Å². The highest BCUT2D eigenvalue weighted by Gasteiger charge is 2.36. The summed E-state index contributed by atoms with van der Waals surface area (Å²) in [5.41, 5.74) is -0.235. The third kappa shape index (κ3) is 4.08. The molecule has 1 aliphatic heterocycles. The molecule has 4 nitrogen and oxygen atoms in total. The van der Waals surface area contributed by atoms with Crippen molar-refractivity contribution in [3.05, 3.63) is 53.8 Å². The molecule has 0 bridgehead atoms. The van der Waals surface area contributed by atoms with Gasteiger partial charge in [-0.25, -0.2) is 8.78 Å². The molecular formula is C20H16F5N3O. The van der Waals surface area contributed by atoms with Gasteiger partial charge in [0.05, 0.1) is 5.56 Å². The van der Waals surface area contributed by atoms with Gasteiger partial charge in [0.15, 0.2) is 0 Å². The van der Waals surface area contributed by atoms with Gasteiger partial charge in [0, 0.05) is 29.9 Å². The number of hydrogen-bond donors (Lipinski definition) is 0. The van der Waals surface area contributed by atoms with Crippen LogP contribution in [0.5, 0.6) is 0 Å². The van der Waals surface area contributed by atoms with Crippen molar-refractivity contribution in [2.45, 2.75) is 25.2 Å². The summed E-state index contributed by atoms with van der Waals surface area (Å²) in [6.45, 7) is 0.445. The maximum Gasteiger partial charge on any atom is 0.418 e. The zero-order chi connectivity index (χ0) is 20.6. The lowest BCUT2D eigenvalue weighted by atomic mass is 10.0. The van der Waals surface area contributed by atoms with Gasteiger partial charge >= 0.3 is 6.18 Å². The van der Waals surface area contributed by atoms with Crippen molar-refractivity contribution >= 4 is 5.69 Å². The molecule has 0 aliphatic carbocycles. The van der Waals surface area contributed by atoms with Gasteiger partial charge < -0.3 is 9.42 Å². The molecule has 0 N–H and O–H groups in total. The summed E-state index contributed by atoms with van der Waals surface area (Å²) in [7, 11) is 0. The van der Waals surface area contributed by atoms with Crippen LogP contribution >= 0.6 is 0 Å². The van der Waals surface area contributed by atoms with Crippen LogP contribution in [0.25, 0.3) is 22.8 Å². The fourth-order valence-corrected chi connectivity index (χ4v) is 3.32. The average Bonchev–Trinajstić information content (AvgIpc) is 3.18. The third-order valence-electron chi connectivity index (χ3n) is 4.84. The minimum absolute atomic E-state index is 0.00963. The molecule has 2 aromatic carbocycles. The number of hydrogen-bond acceptors (Lipinski definition) is 4. The Hall–Kier alpha value is -2.97. The molecule has 0 radical (unpaired) electrons. The van der Waals surface area contributed by atoms with E-state index >= 15 is 0 Å². The topological polar surface area (TPSA) is 42.2 Å². The number of aromatic nitrogens is 2.